The van der Waals surface area contributed by atoms with Gasteiger partial charge in [-0.3, -0.25) is 0 Å². The summed E-state index contributed by atoms with van der Waals surface area (Å²) in [6.07, 6.45) is 2.08. The molecule has 16 heavy (non-hydrogen) atoms. The first-order valence-electron chi connectivity index (χ1n) is 5.83. The normalized spacial score (nSPS) is 20.6. The maximum Gasteiger partial charge on any atom is 0.129 e. The van der Waals surface area contributed by atoms with Gasteiger partial charge >= 0.3 is 0 Å². The van der Waals surface area contributed by atoms with Crippen LogP contribution in [0.5, 0.6) is 0 Å². The predicted molar refractivity (Wildman–Crippen MR) is 66.1 cm³/mol. The Morgan fingerprint density at radius 3 is 3.06 bits per heavy atom. The van der Waals surface area contributed by atoms with Crippen LogP contribution in [0.3, 0.4) is 0 Å². The van der Waals surface area contributed by atoms with E-state index in [0.29, 0.717) is 16.5 Å². The third-order valence-electron chi connectivity index (χ3n) is 2.94. The Kier molecular flexibility index (Phi) is 3.71. The van der Waals surface area contributed by atoms with Gasteiger partial charge < -0.3 is 9.72 Å². The van der Waals surface area contributed by atoms with E-state index in [9.17, 15) is 0 Å². The highest BCUT2D eigenvalue weighted by atomic mass is 32.1. The molecule has 1 aromatic heterocycles. The first kappa shape index (κ1) is 11.7. The van der Waals surface area contributed by atoms with Gasteiger partial charge in [-0.05, 0) is 24.3 Å². The zero-order valence-electron chi connectivity index (χ0n) is 9.82. The van der Waals surface area contributed by atoms with E-state index in [0.717, 1.165) is 31.9 Å². The van der Waals surface area contributed by atoms with Crippen LogP contribution in [0.1, 0.15) is 37.7 Å². The van der Waals surface area contributed by atoms with Gasteiger partial charge in [-0.1, -0.05) is 26.1 Å². The summed E-state index contributed by atoms with van der Waals surface area (Å²) in [6.45, 7) is 6.05. The summed E-state index contributed by atoms with van der Waals surface area (Å²) < 4.78 is 6.06. The third-order valence-corrected chi connectivity index (χ3v) is 3.15. The van der Waals surface area contributed by atoms with E-state index in [1.165, 1.54) is 5.69 Å². The van der Waals surface area contributed by atoms with Crippen LogP contribution in [-0.4, -0.2) is 23.2 Å². The van der Waals surface area contributed by atoms with Gasteiger partial charge in [0.2, 0.25) is 0 Å². The van der Waals surface area contributed by atoms with Crippen molar-refractivity contribution in [2.24, 2.45) is 5.92 Å². The number of aromatic amines is 1. The molecule has 1 unspecified atom stereocenters. The summed E-state index contributed by atoms with van der Waals surface area (Å²) in [6, 6.07) is 1.95. The summed E-state index contributed by atoms with van der Waals surface area (Å²) >= 11 is 5.18. The van der Waals surface area contributed by atoms with Gasteiger partial charge in [-0.2, -0.15) is 0 Å². The monoisotopic (exact) mass is 238 g/mol. The van der Waals surface area contributed by atoms with Crippen LogP contribution in [0.2, 0.25) is 0 Å². The maximum atomic E-state index is 5.37. The topological polar surface area (TPSA) is 37.9 Å². The lowest BCUT2D eigenvalue weighted by Crippen LogP contribution is -2.09. The quantitative estimate of drug-likeness (QED) is 0.823. The summed E-state index contributed by atoms with van der Waals surface area (Å²) in [7, 11) is 0. The van der Waals surface area contributed by atoms with Crippen molar-refractivity contribution in [3.8, 4) is 0 Å². The molecule has 1 N–H and O–H groups in total. The van der Waals surface area contributed by atoms with Crippen molar-refractivity contribution in [3.63, 3.8) is 0 Å². The number of ether oxygens (including phenoxy) is 1. The molecular weight excluding hydrogens is 220 g/mol. The fourth-order valence-corrected chi connectivity index (χ4v) is 2.19. The van der Waals surface area contributed by atoms with Gasteiger partial charge in [-0.15, -0.1) is 0 Å². The lowest BCUT2D eigenvalue weighted by atomic mass is 10.0. The lowest BCUT2D eigenvalue weighted by molar-refractivity contribution is 0.185. The van der Waals surface area contributed by atoms with Crippen LogP contribution in [0.15, 0.2) is 6.07 Å². The molecule has 2 rings (SSSR count). The van der Waals surface area contributed by atoms with Crippen molar-refractivity contribution in [2.75, 3.05) is 13.2 Å². The largest absolute Gasteiger partial charge is 0.381 e. The number of hydrogen-bond donors (Lipinski definition) is 1. The molecule has 0 bridgehead atoms. The van der Waals surface area contributed by atoms with E-state index < -0.39 is 0 Å². The first-order valence-corrected chi connectivity index (χ1v) is 6.24. The van der Waals surface area contributed by atoms with Crippen molar-refractivity contribution in [1.82, 2.24) is 9.97 Å². The summed E-state index contributed by atoms with van der Waals surface area (Å²) in [5.41, 5.74) is 1.17. The molecule has 3 nitrogen and oxygen atoms in total. The fraction of sp³-hybridized carbons (Fsp3) is 0.667. The second kappa shape index (κ2) is 5.06. The molecule has 1 aliphatic rings. The molecule has 4 heteroatoms. The van der Waals surface area contributed by atoms with Crippen LogP contribution in [-0.2, 0) is 11.2 Å². The number of H-pyrrole nitrogens is 1. The lowest BCUT2D eigenvalue weighted by Gasteiger charge is -2.10. The maximum absolute atomic E-state index is 5.37. The smallest absolute Gasteiger partial charge is 0.129 e. The zero-order valence-corrected chi connectivity index (χ0v) is 10.6. The van der Waals surface area contributed by atoms with Gasteiger partial charge in [0.15, 0.2) is 0 Å². The molecule has 2 heterocycles. The average molecular weight is 238 g/mol. The van der Waals surface area contributed by atoms with E-state index in [1.807, 2.05) is 6.07 Å². The van der Waals surface area contributed by atoms with Crippen molar-refractivity contribution < 1.29 is 4.74 Å². The molecule has 88 valence electrons. The number of rotatable bonds is 3. The predicted octanol–water partition coefficient (Wildman–Crippen LogP) is 2.84. The Balaban J connectivity index is 2.16. The molecule has 0 aromatic carbocycles. The Hall–Kier alpha value is -0.740. The highest BCUT2D eigenvalue weighted by molar-refractivity contribution is 7.71. The zero-order chi connectivity index (χ0) is 11.5. The molecule has 1 saturated heterocycles. The second-order valence-electron chi connectivity index (χ2n) is 4.71. The van der Waals surface area contributed by atoms with E-state index in [4.69, 9.17) is 17.0 Å². The number of nitrogens with one attached hydrogen (secondary N) is 1. The minimum atomic E-state index is 0.461. The summed E-state index contributed by atoms with van der Waals surface area (Å²) in [5, 5.41) is 0. The van der Waals surface area contributed by atoms with E-state index in [-0.39, 0.29) is 0 Å². The van der Waals surface area contributed by atoms with Gasteiger partial charge in [0.05, 0.1) is 0 Å². The Morgan fingerprint density at radius 1 is 1.62 bits per heavy atom. The van der Waals surface area contributed by atoms with Crippen molar-refractivity contribution in [3.05, 3.63) is 22.2 Å². The molecule has 1 aliphatic heterocycles. The molecule has 1 fully saturated rings. The SMILES string of the molecule is CC(C)c1cc(=S)nc(CC2CCOC2)[nH]1. The van der Waals surface area contributed by atoms with Crippen LogP contribution in [0, 0.1) is 10.6 Å². The second-order valence-corrected chi connectivity index (χ2v) is 5.13. The molecule has 0 amide bonds. The third kappa shape index (κ3) is 2.89. The number of hydrogen-bond acceptors (Lipinski definition) is 3. The minimum Gasteiger partial charge on any atom is -0.381 e. The number of nitrogens with zero attached hydrogens (tertiary/aromatic N) is 1. The average Bonchev–Trinajstić information content (AvgIpc) is 2.69. The molecule has 0 spiro atoms. The van der Waals surface area contributed by atoms with E-state index in [1.54, 1.807) is 0 Å². The van der Waals surface area contributed by atoms with Gasteiger partial charge in [0.1, 0.15) is 10.5 Å². The van der Waals surface area contributed by atoms with Crippen molar-refractivity contribution in [1.29, 1.82) is 0 Å². The Morgan fingerprint density at radius 2 is 2.44 bits per heavy atom. The van der Waals surface area contributed by atoms with Crippen LogP contribution in [0.4, 0.5) is 0 Å². The highest BCUT2D eigenvalue weighted by Gasteiger charge is 2.17. The van der Waals surface area contributed by atoms with Crippen LogP contribution < -0.4 is 0 Å². The van der Waals surface area contributed by atoms with E-state index >= 15 is 0 Å². The molecule has 0 aliphatic carbocycles. The van der Waals surface area contributed by atoms with Crippen LogP contribution >= 0.6 is 12.2 Å². The molecule has 1 aromatic rings. The summed E-state index contributed by atoms with van der Waals surface area (Å²) in [4.78, 5) is 7.76. The highest BCUT2D eigenvalue weighted by Crippen LogP contribution is 2.18. The van der Waals surface area contributed by atoms with Gasteiger partial charge in [0, 0.05) is 25.3 Å². The molecular formula is C12H18N2OS. The summed E-state index contributed by atoms with van der Waals surface area (Å²) in [5.74, 6) is 2.07. The van der Waals surface area contributed by atoms with E-state index in [2.05, 4.69) is 23.8 Å². The van der Waals surface area contributed by atoms with Gasteiger partial charge in [-0.25, -0.2) is 4.98 Å². The first-order chi connectivity index (χ1) is 7.65. The van der Waals surface area contributed by atoms with Crippen molar-refractivity contribution >= 4 is 12.2 Å². The minimum absolute atomic E-state index is 0.461. The molecule has 0 radical (unpaired) electrons. The molecule has 1 atom stereocenters. The number of aromatic nitrogens is 2. The van der Waals surface area contributed by atoms with Gasteiger partial charge in [0.25, 0.3) is 0 Å². The Labute approximate surface area is 101 Å². The fourth-order valence-electron chi connectivity index (χ4n) is 1.95. The Bertz CT molecular complexity index is 408. The van der Waals surface area contributed by atoms with Crippen LogP contribution in [0.25, 0.3) is 0 Å². The molecule has 0 saturated carbocycles. The standard InChI is InChI=1S/C12H18N2OS/c1-8(2)10-6-12(16)14-11(13-10)5-9-3-4-15-7-9/h6,8-9H,3-5,7H2,1-2H3,(H,13,14,16). The van der Waals surface area contributed by atoms with Crippen molar-refractivity contribution in [2.45, 2.75) is 32.6 Å².